The summed E-state index contributed by atoms with van der Waals surface area (Å²) in [6, 6.07) is 3.55. The highest BCUT2D eigenvalue weighted by Gasteiger charge is 2.20. The van der Waals surface area contributed by atoms with E-state index in [1.54, 1.807) is 18.5 Å². The minimum Gasteiger partial charge on any atom is -0.383 e. The Kier molecular flexibility index (Phi) is 3.20. The van der Waals surface area contributed by atoms with Crippen LogP contribution in [-0.4, -0.2) is 46.1 Å². The third kappa shape index (κ3) is 2.53. The molecule has 1 aliphatic heterocycles. The van der Waals surface area contributed by atoms with E-state index in [0.29, 0.717) is 5.82 Å². The maximum absolute atomic E-state index is 5.70. The lowest BCUT2D eigenvalue weighted by Gasteiger charge is -2.35. The van der Waals surface area contributed by atoms with Gasteiger partial charge in [-0.25, -0.2) is 9.97 Å². The second-order valence-corrected chi connectivity index (χ2v) is 4.53. The summed E-state index contributed by atoms with van der Waals surface area (Å²) in [5, 5.41) is 0. The van der Waals surface area contributed by atoms with Crippen molar-refractivity contribution in [1.82, 2.24) is 19.9 Å². The largest absolute Gasteiger partial charge is 0.383 e. The van der Waals surface area contributed by atoms with Gasteiger partial charge in [0.2, 0.25) is 11.9 Å². The fourth-order valence-electron chi connectivity index (χ4n) is 2.22. The Morgan fingerprint density at radius 1 is 0.900 bits per heavy atom. The van der Waals surface area contributed by atoms with Crippen LogP contribution in [-0.2, 0) is 0 Å². The molecular weight excluding hydrogens is 256 g/mol. The molecule has 1 saturated heterocycles. The van der Waals surface area contributed by atoms with E-state index in [1.165, 1.54) is 0 Å². The molecule has 104 valence electrons. The van der Waals surface area contributed by atoms with E-state index in [1.807, 2.05) is 6.07 Å². The molecule has 8 heteroatoms. The van der Waals surface area contributed by atoms with Crippen molar-refractivity contribution >= 4 is 23.5 Å². The van der Waals surface area contributed by atoms with E-state index in [4.69, 9.17) is 11.5 Å². The maximum atomic E-state index is 5.70. The van der Waals surface area contributed by atoms with Crippen LogP contribution in [0.4, 0.5) is 23.5 Å². The first kappa shape index (κ1) is 12.4. The van der Waals surface area contributed by atoms with E-state index < -0.39 is 0 Å². The van der Waals surface area contributed by atoms with Crippen molar-refractivity contribution in [2.75, 3.05) is 47.4 Å². The topological polar surface area (TPSA) is 110 Å². The second-order valence-electron chi connectivity index (χ2n) is 4.53. The van der Waals surface area contributed by atoms with Gasteiger partial charge in [-0.3, -0.25) is 0 Å². The van der Waals surface area contributed by atoms with Crippen LogP contribution < -0.4 is 21.3 Å². The highest BCUT2D eigenvalue weighted by Crippen LogP contribution is 2.18. The van der Waals surface area contributed by atoms with Gasteiger partial charge in [-0.15, -0.1) is 0 Å². The molecule has 0 atom stereocenters. The fraction of sp³-hybridized carbons (Fsp3) is 0.333. The molecule has 0 aliphatic carbocycles. The number of nitrogen functional groups attached to an aromatic ring is 2. The number of nitrogens with zero attached hydrogens (tertiary/aromatic N) is 6. The van der Waals surface area contributed by atoms with Gasteiger partial charge in [0.05, 0.1) is 0 Å². The van der Waals surface area contributed by atoms with Gasteiger partial charge < -0.3 is 21.3 Å². The van der Waals surface area contributed by atoms with Crippen molar-refractivity contribution in [3.05, 3.63) is 24.5 Å². The summed E-state index contributed by atoms with van der Waals surface area (Å²) in [7, 11) is 0. The molecule has 0 bridgehead atoms. The third-order valence-electron chi connectivity index (χ3n) is 3.19. The molecule has 0 unspecified atom stereocenters. The van der Waals surface area contributed by atoms with Crippen LogP contribution >= 0.6 is 0 Å². The summed E-state index contributed by atoms with van der Waals surface area (Å²) >= 11 is 0. The van der Waals surface area contributed by atoms with Crippen LogP contribution in [0.5, 0.6) is 0 Å². The summed E-state index contributed by atoms with van der Waals surface area (Å²) in [6.07, 6.45) is 3.50. The Labute approximate surface area is 116 Å². The van der Waals surface area contributed by atoms with Gasteiger partial charge in [0, 0.05) is 44.6 Å². The molecular formula is C12H16N8. The molecule has 1 aliphatic rings. The zero-order valence-electron chi connectivity index (χ0n) is 11.0. The SMILES string of the molecule is Nc1cc(N2CCN(c3ncccn3)CC2)nc(N)n1. The molecule has 2 aromatic rings. The summed E-state index contributed by atoms with van der Waals surface area (Å²) < 4.78 is 0. The zero-order chi connectivity index (χ0) is 13.9. The number of nitrogens with two attached hydrogens (primary N) is 2. The van der Waals surface area contributed by atoms with E-state index in [9.17, 15) is 0 Å². The van der Waals surface area contributed by atoms with Crippen molar-refractivity contribution in [2.45, 2.75) is 0 Å². The zero-order valence-corrected chi connectivity index (χ0v) is 11.0. The van der Waals surface area contributed by atoms with Gasteiger partial charge in [0.15, 0.2) is 0 Å². The van der Waals surface area contributed by atoms with Crippen molar-refractivity contribution < 1.29 is 0 Å². The van der Waals surface area contributed by atoms with Crippen LogP contribution in [0.1, 0.15) is 0 Å². The summed E-state index contributed by atoms with van der Waals surface area (Å²) in [5.74, 6) is 2.12. The summed E-state index contributed by atoms with van der Waals surface area (Å²) in [5.41, 5.74) is 11.3. The van der Waals surface area contributed by atoms with Gasteiger partial charge in [-0.05, 0) is 6.07 Å². The normalized spacial score (nSPS) is 15.4. The quantitative estimate of drug-likeness (QED) is 0.770. The lowest BCUT2D eigenvalue weighted by atomic mass is 10.3. The first-order valence-electron chi connectivity index (χ1n) is 6.39. The number of hydrogen-bond acceptors (Lipinski definition) is 8. The van der Waals surface area contributed by atoms with Gasteiger partial charge in [0.25, 0.3) is 0 Å². The highest BCUT2D eigenvalue weighted by atomic mass is 15.3. The monoisotopic (exact) mass is 272 g/mol. The van der Waals surface area contributed by atoms with Crippen molar-refractivity contribution in [3.8, 4) is 0 Å². The lowest BCUT2D eigenvalue weighted by molar-refractivity contribution is 0.634. The smallest absolute Gasteiger partial charge is 0.225 e. The summed E-state index contributed by atoms with van der Waals surface area (Å²) in [6.45, 7) is 3.28. The minimum atomic E-state index is 0.203. The minimum absolute atomic E-state index is 0.203. The first-order valence-corrected chi connectivity index (χ1v) is 6.39. The number of aromatic nitrogens is 4. The molecule has 0 amide bonds. The fourth-order valence-corrected chi connectivity index (χ4v) is 2.22. The standard InChI is InChI=1S/C12H16N8/c13-9-8-10(18-11(14)17-9)19-4-6-20(7-5-19)12-15-2-1-3-16-12/h1-3,8H,4-7H2,(H4,13,14,17,18). The first-order chi connectivity index (χ1) is 9.72. The predicted molar refractivity (Wildman–Crippen MR) is 77.3 cm³/mol. The average Bonchev–Trinajstić information content (AvgIpc) is 2.47. The molecule has 1 fully saturated rings. The average molecular weight is 272 g/mol. The molecule has 20 heavy (non-hydrogen) atoms. The van der Waals surface area contributed by atoms with Crippen molar-refractivity contribution in [2.24, 2.45) is 0 Å². The number of rotatable bonds is 2. The molecule has 8 nitrogen and oxygen atoms in total. The second kappa shape index (κ2) is 5.16. The van der Waals surface area contributed by atoms with Crippen LogP contribution in [0.25, 0.3) is 0 Å². The van der Waals surface area contributed by atoms with Crippen molar-refractivity contribution in [1.29, 1.82) is 0 Å². The molecule has 4 N–H and O–H groups in total. The molecule has 3 rings (SSSR count). The van der Waals surface area contributed by atoms with E-state index >= 15 is 0 Å². The molecule has 0 aromatic carbocycles. The number of hydrogen-bond donors (Lipinski definition) is 2. The third-order valence-corrected chi connectivity index (χ3v) is 3.19. The van der Waals surface area contributed by atoms with Gasteiger partial charge in [0.1, 0.15) is 11.6 Å². The van der Waals surface area contributed by atoms with Crippen LogP contribution in [0.15, 0.2) is 24.5 Å². The van der Waals surface area contributed by atoms with Crippen LogP contribution in [0, 0.1) is 0 Å². The van der Waals surface area contributed by atoms with Gasteiger partial charge >= 0.3 is 0 Å². The Morgan fingerprint density at radius 3 is 2.20 bits per heavy atom. The van der Waals surface area contributed by atoms with Crippen molar-refractivity contribution in [3.63, 3.8) is 0 Å². The van der Waals surface area contributed by atoms with Gasteiger partial charge in [-0.1, -0.05) is 0 Å². The predicted octanol–water partition coefficient (Wildman–Crippen LogP) is -0.242. The van der Waals surface area contributed by atoms with Crippen LogP contribution in [0.3, 0.4) is 0 Å². The molecule has 2 aromatic heterocycles. The maximum Gasteiger partial charge on any atom is 0.225 e. The molecule has 3 heterocycles. The van der Waals surface area contributed by atoms with E-state index in [-0.39, 0.29) is 5.95 Å². The Hall–Kier alpha value is -2.64. The van der Waals surface area contributed by atoms with E-state index in [0.717, 1.165) is 37.9 Å². The summed E-state index contributed by atoms with van der Waals surface area (Å²) in [4.78, 5) is 20.9. The molecule has 0 spiro atoms. The number of piperazine rings is 1. The Bertz CT molecular complexity index is 559. The molecule has 0 saturated carbocycles. The van der Waals surface area contributed by atoms with E-state index in [2.05, 4.69) is 29.7 Å². The molecule has 0 radical (unpaired) electrons. The van der Waals surface area contributed by atoms with Gasteiger partial charge in [-0.2, -0.15) is 9.97 Å². The Balaban J connectivity index is 1.69. The van der Waals surface area contributed by atoms with Crippen LogP contribution in [0.2, 0.25) is 0 Å². The number of anilines is 4. The lowest BCUT2D eigenvalue weighted by Crippen LogP contribution is -2.47. The Morgan fingerprint density at radius 2 is 1.55 bits per heavy atom. The highest BCUT2D eigenvalue weighted by molar-refractivity contribution is 5.51.